The van der Waals surface area contributed by atoms with Crippen molar-refractivity contribution in [1.82, 2.24) is 5.32 Å². The molecule has 0 saturated carbocycles. The van der Waals surface area contributed by atoms with E-state index >= 15 is 0 Å². The van der Waals surface area contributed by atoms with Crippen molar-refractivity contribution in [2.75, 3.05) is 6.61 Å². The number of benzene rings is 1. The summed E-state index contributed by atoms with van der Waals surface area (Å²) in [5.41, 5.74) is 2.61. The maximum atomic E-state index is 5.50. The summed E-state index contributed by atoms with van der Waals surface area (Å²) in [5.74, 6) is 2.01. The highest BCUT2D eigenvalue weighted by atomic mass is 16.5. The SMILES string of the molecule is C[C@H](NCc1ccc2c(c1)CCO2)c1ccco1. The fourth-order valence-corrected chi connectivity index (χ4v) is 2.26. The highest BCUT2D eigenvalue weighted by molar-refractivity contribution is 5.39. The average molecular weight is 243 g/mol. The predicted molar refractivity (Wildman–Crippen MR) is 69.6 cm³/mol. The van der Waals surface area contributed by atoms with Crippen LogP contribution in [0.25, 0.3) is 0 Å². The van der Waals surface area contributed by atoms with Gasteiger partial charge in [-0.1, -0.05) is 12.1 Å². The van der Waals surface area contributed by atoms with Crippen LogP contribution in [0.5, 0.6) is 5.75 Å². The molecule has 3 rings (SSSR count). The Hall–Kier alpha value is -1.74. The zero-order valence-electron chi connectivity index (χ0n) is 10.5. The van der Waals surface area contributed by atoms with Crippen molar-refractivity contribution in [2.24, 2.45) is 0 Å². The third kappa shape index (κ3) is 2.27. The van der Waals surface area contributed by atoms with Crippen molar-refractivity contribution in [3.8, 4) is 5.75 Å². The van der Waals surface area contributed by atoms with Gasteiger partial charge in [-0.3, -0.25) is 0 Å². The van der Waals surface area contributed by atoms with Crippen LogP contribution in [0, 0.1) is 0 Å². The molecule has 0 radical (unpaired) electrons. The first kappa shape index (κ1) is 11.4. The Morgan fingerprint density at radius 1 is 1.33 bits per heavy atom. The monoisotopic (exact) mass is 243 g/mol. The average Bonchev–Trinajstić information content (AvgIpc) is 3.05. The first-order chi connectivity index (χ1) is 8.83. The molecule has 1 aliphatic heterocycles. The zero-order chi connectivity index (χ0) is 12.4. The molecule has 3 nitrogen and oxygen atoms in total. The van der Waals surface area contributed by atoms with E-state index in [1.807, 2.05) is 12.1 Å². The van der Waals surface area contributed by atoms with Gasteiger partial charge in [0.15, 0.2) is 0 Å². The number of rotatable bonds is 4. The van der Waals surface area contributed by atoms with E-state index in [1.54, 1.807) is 6.26 Å². The molecule has 18 heavy (non-hydrogen) atoms. The molecule has 1 aromatic heterocycles. The summed E-state index contributed by atoms with van der Waals surface area (Å²) in [5, 5.41) is 3.46. The number of ether oxygens (including phenoxy) is 1. The zero-order valence-corrected chi connectivity index (χ0v) is 10.5. The van der Waals surface area contributed by atoms with Gasteiger partial charge >= 0.3 is 0 Å². The molecule has 0 fully saturated rings. The fraction of sp³-hybridized carbons (Fsp3) is 0.333. The van der Waals surface area contributed by atoms with Crippen LogP contribution in [-0.2, 0) is 13.0 Å². The molecule has 0 amide bonds. The van der Waals surface area contributed by atoms with Crippen LogP contribution in [0.4, 0.5) is 0 Å². The minimum absolute atomic E-state index is 0.226. The Labute approximate surface area is 107 Å². The van der Waals surface area contributed by atoms with Gasteiger partial charge in [-0.2, -0.15) is 0 Å². The van der Waals surface area contributed by atoms with E-state index in [0.717, 1.165) is 31.1 Å². The smallest absolute Gasteiger partial charge is 0.122 e. The second kappa shape index (κ2) is 4.86. The van der Waals surface area contributed by atoms with Crippen molar-refractivity contribution >= 4 is 0 Å². The topological polar surface area (TPSA) is 34.4 Å². The molecule has 1 aliphatic rings. The summed E-state index contributed by atoms with van der Waals surface area (Å²) in [6, 6.07) is 10.5. The second-order valence-electron chi connectivity index (χ2n) is 4.66. The van der Waals surface area contributed by atoms with Crippen LogP contribution < -0.4 is 10.1 Å². The van der Waals surface area contributed by atoms with Gasteiger partial charge in [-0.25, -0.2) is 0 Å². The summed E-state index contributed by atoms with van der Waals surface area (Å²) in [7, 11) is 0. The Morgan fingerprint density at radius 2 is 2.28 bits per heavy atom. The quantitative estimate of drug-likeness (QED) is 0.896. The Balaban J connectivity index is 1.63. The van der Waals surface area contributed by atoms with E-state index in [9.17, 15) is 0 Å². The lowest BCUT2D eigenvalue weighted by Crippen LogP contribution is -2.17. The Bertz CT molecular complexity index is 519. The first-order valence-electron chi connectivity index (χ1n) is 6.34. The van der Waals surface area contributed by atoms with Gasteiger partial charge in [0.2, 0.25) is 0 Å². The molecule has 1 N–H and O–H groups in total. The molecule has 1 atom stereocenters. The Kier molecular flexibility index (Phi) is 3.07. The van der Waals surface area contributed by atoms with Crippen LogP contribution >= 0.6 is 0 Å². The van der Waals surface area contributed by atoms with Crippen molar-refractivity contribution in [3.63, 3.8) is 0 Å². The highest BCUT2D eigenvalue weighted by Gasteiger charge is 2.12. The van der Waals surface area contributed by atoms with Crippen LogP contribution in [0.15, 0.2) is 41.0 Å². The fourth-order valence-electron chi connectivity index (χ4n) is 2.26. The van der Waals surface area contributed by atoms with Gasteiger partial charge in [-0.15, -0.1) is 0 Å². The largest absolute Gasteiger partial charge is 0.493 e. The van der Waals surface area contributed by atoms with Gasteiger partial charge in [-0.05, 0) is 36.2 Å². The molecule has 1 aromatic carbocycles. The maximum Gasteiger partial charge on any atom is 0.122 e. The summed E-state index contributed by atoms with van der Waals surface area (Å²) in [6.07, 6.45) is 2.73. The van der Waals surface area contributed by atoms with E-state index in [4.69, 9.17) is 9.15 Å². The van der Waals surface area contributed by atoms with E-state index in [2.05, 4.69) is 30.4 Å². The molecule has 0 bridgehead atoms. The molecule has 2 heterocycles. The first-order valence-corrected chi connectivity index (χ1v) is 6.34. The van der Waals surface area contributed by atoms with Crippen LogP contribution in [0.1, 0.15) is 29.9 Å². The van der Waals surface area contributed by atoms with Crippen molar-refractivity contribution in [2.45, 2.75) is 25.9 Å². The lowest BCUT2D eigenvalue weighted by atomic mass is 10.1. The van der Waals surface area contributed by atoms with Crippen LogP contribution in [0.2, 0.25) is 0 Å². The van der Waals surface area contributed by atoms with Crippen molar-refractivity contribution < 1.29 is 9.15 Å². The molecule has 0 spiro atoms. The van der Waals surface area contributed by atoms with Crippen LogP contribution in [-0.4, -0.2) is 6.61 Å². The normalized spacial score (nSPS) is 15.2. The summed E-state index contributed by atoms with van der Waals surface area (Å²) in [4.78, 5) is 0. The van der Waals surface area contributed by atoms with E-state index < -0.39 is 0 Å². The third-order valence-corrected chi connectivity index (χ3v) is 3.34. The predicted octanol–water partition coefficient (Wildman–Crippen LogP) is 3.07. The molecule has 0 aliphatic carbocycles. The number of nitrogens with one attached hydrogen (secondary N) is 1. The van der Waals surface area contributed by atoms with Gasteiger partial charge in [0.05, 0.1) is 18.9 Å². The number of fused-ring (bicyclic) bond motifs is 1. The number of hydrogen-bond acceptors (Lipinski definition) is 3. The minimum atomic E-state index is 0.226. The standard InChI is InChI=1S/C15H17NO2/c1-11(14-3-2-7-17-14)16-10-12-4-5-15-13(9-12)6-8-18-15/h2-5,7,9,11,16H,6,8,10H2,1H3/t11-/m0/s1. The van der Waals surface area contributed by atoms with E-state index in [0.29, 0.717) is 0 Å². The lowest BCUT2D eigenvalue weighted by Gasteiger charge is -2.11. The highest BCUT2D eigenvalue weighted by Crippen LogP contribution is 2.26. The molecule has 2 aromatic rings. The summed E-state index contributed by atoms with van der Waals surface area (Å²) >= 11 is 0. The minimum Gasteiger partial charge on any atom is -0.493 e. The second-order valence-corrected chi connectivity index (χ2v) is 4.66. The number of furan rings is 1. The number of hydrogen-bond donors (Lipinski definition) is 1. The summed E-state index contributed by atoms with van der Waals surface area (Å²) < 4.78 is 10.9. The van der Waals surface area contributed by atoms with Gasteiger partial charge < -0.3 is 14.5 Å². The molecular weight excluding hydrogens is 226 g/mol. The molecule has 3 heteroatoms. The third-order valence-electron chi connectivity index (χ3n) is 3.34. The molecule has 94 valence electrons. The molecular formula is C15H17NO2. The van der Waals surface area contributed by atoms with Crippen molar-refractivity contribution in [3.05, 3.63) is 53.5 Å². The van der Waals surface area contributed by atoms with Gasteiger partial charge in [0.1, 0.15) is 11.5 Å². The van der Waals surface area contributed by atoms with E-state index in [1.165, 1.54) is 11.1 Å². The van der Waals surface area contributed by atoms with Gasteiger partial charge in [0.25, 0.3) is 0 Å². The van der Waals surface area contributed by atoms with Crippen molar-refractivity contribution in [1.29, 1.82) is 0 Å². The lowest BCUT2D eigenvalue weighted by molar-refractivity contribution is 0.357. The van der Waals surface area contributed by atoms with E-state index in [-0.39, 0.29) is 6.04 Å². The maximum absolute atomic E-state index is 5.50. The summed E-state index contributed by atoms with van der Waals surface area (Å²) in [6.45, 7) is 3.76. The molecule has 0 saturated heterocycles. The van der Waals surface area contributed by atoms with Crippen LogP contribution in [0.3, 0.4) is 0 Å². The van der Waals surface area contributed by atoms with Gasteiger partial charge in [0, 0.05) is 13.0 Å². The molecule has 0 unspecified atom stereocenters. The Morgan fingerprint density at radius 3 is 3.11 bits per heavy atom.